The Kier molecular flexibility index (Phi) is 5.68. The van der Waals surface area contributed by atoms with Gasteiger partial charge < -0.3 is 14.3 Å². The zero-order chi connectivity index (χ0) is 27.2. The third-order valence-corrected chi connectivity index (χ3v) is 8.06. The minimum absolute atomic E-state index is 0.805. The Morgan fingerprint density at radius 2 is 1.22 bits per heavy atom. The molecule has 6 aromatic carbocycles. The third kappa shape index (κ3) is 4.10. The van der Waals surface area contributed by atoms with Crippen LogP contribution in [0.4, 0.5) is 0 Å². The van der Waals surface area contributed by atoms with Crippen molar-refractivity contribution in [1.29, 1.82) is 0 Å². The summed E-state index contributed by atoms with van der Waals surface area (Å²) in [6.45, 7) is 1.65. The van der Waals surface area contributed by atoms with E-state index in [4.69, 9.17) is 4.42 Å². The number of rotatable bonds is 6. The van der Waals surface area contributed by atoms with Crippen molar-refractivity contribution in [1.82, 2.24) is 9.88 Å². The lowest BCUT2D eigenvalue weighted by Gasteiger charge is -2.12. The Hall–Kier alpha value is -5.12. The highest BCUT2D eigenvalue weighted by Crippen LogP contribution is 2.39. The first-order chi connectivity index (χ1) is 20.3. The molecule has 0 spiro atoms. The van der Waals surface area contributed by atoms with E-state index in [1.54, 1.807) is 0 Å². The summed E-state index contributed by atoms with van der Waals surface area (Å²) >= 11 is 0. The van der Waals surface area contributed by atoms with Crippen LogP contribution in [0.1, 0.15) is 11.1 Å². The minimum Gasteiger partial charge on any atom is -0.455 e. The number of furan rings is 1. The summed E-state index contributed by atoms with van der Waals surface area (Å²) in [4.78, 5) is 0. The molecule has 3 nitrogen and oxygen atoms in total. The smallest absolute Gasteiger partial charge is 0.143 e. The van der Waals surface area contributed by atoms with Crippen LogP contribution in [0.2, 0.25) is 0 Å². The van der Waals surface area contributed by atoms with Gasteiger partial charge in [0.25, 0.3) is 0 Å². The van der Waals surface area contributed by atoms with Crippen LogP contribution in [0.25, 0.3) is 60.6 Å². The molecule has 8 aromatic rings. The average Bonchev–Trinajstić information content (AvgIpc) is 3.57. The number of para-hydroxylation sites is 3. The molecule has 1 N–H and O–H groups in total. The molecule has 0 radical (unpaired) electrons. The van der Waals surface area contributed by atoms with Crippen molar-refractivity contribution in [3.05, 3.63) is 151 Å². The van der Waals surface area contributed by atoms with E-state index in [1.165, 1.54) is 32.9 Å². The zero-order valence-electron chi connectivity index (χ0n) is 22.5. The van der Waals surface area contributed by atoms with Crippen molar-refractivity contribution in [3.63, 3.8) is 0 Å². The summed E-state index contributed by atoms with van der Waals surface area (Å²) in [5.41, 5.74) is 10.2. The Morgan fingerprint density at radius 1 is 0.512 bits per heavy atom. The van der Waals surface area contributed by atoms with Crippen LogP contribution >= 0.6 is 0 Å². The average molecular weight is 529 g/mol. The molecular formula is C38H28N2O. The molecule has 0 aliphatic carbocycles. The summed E-state index contributed by atoms with van der Waals surface area (Å²) in [5, 5.41) is 8.40. The molecule has 2 heterocycles. The molecule has 0 saturated carbocycles. The number of benzene rings is 6. The van der Waals surface area contributed by atoms with E-state index in [9.17, 15) is 0 Å². The van der Waals surface area contributed by atoms with E-state index in [1.807, 2.05) is 12.1 Å². The van der Waals surface area contributed by atoms with Gasteiger partial charge in [-0.3, -0.25) is 0 Å². The quantitative estimate of drug-likeness (QED) is 0.233. The van der Waals surface area contributed by atoms with E-state index in [0.29, 0.717) is 0 Å². The van der Waals surface area contributed by atoms with Gasteiger partial charge >= 0.3 is 0 Å². The largest absolute Gasteiger partial charge is 0.455 e. The SMILES string of the molecule is c1ccc(CNCc2cccc(-n3c4ccccc4c4ccc(-c5cccc6c5oc5ccccc56)cc43)c2)cc1. The standard InChI is InChI=1S/C38H28N2O/c1-2-10-26(11-3-1)24-39-25-27-12-8-13-29(22-27)40-35-18-6-4-14-31(35)32-21-20-28(23-36(32)40)30-16-9-17-34-33-15-5-7-19-37(33)41-38(30)34/h1-23,39H,24-25H2. The van der Waals surface area contributed by atoms with Crippen molar-refractivity contribution in [3.8, 4) is 16.8 Å². The molecule has 0 aliphatic heterocycles. The van der Waals surface area contributed by atoms with Gasteiger partial charge in [-0.25, -0.2) is 0 Å². The number of hydrogen-bond donors (Lipinski definition) is 1. The second kappa shape index (κ2) is 9.81. The van der Waals surface area contributed by atoms with Crippen LogP contribution in [-0.4, -0.2) is 4.57 Å². The lowest BCUT2D eigenvalue weighted by Crippen LogP contribution is -2.12. The van der Waals surface area contributed by atoms with E-state index in [2.05, 4.69) is 137 Å². The van der Waals surface area contributed by atoms with Crippen LogP contribution in [0.3, 0.4) is 0 Å². The fourth-order valence-electron chi connectivity index (χ4n) is 6.14. The predicted molar refractivity (Wildman–Crippen MR) is 170 cm³/mol. The molecule has 8 rings (SSSR count). The lowest BCUT2D eigenvalue weighted by atomic mass is 10.0. The highest BCUT2D eigenvalue weighted by atomic mass is 16.3. The molecule has 0 unspecified atom stereocenters. The Labute approximate surface area is 238 Å². The summed E-state index contributed by atoms with van der Waals surface area (Å²) in [7, 11) is 0. The fourth-order valence-corrected chi connectivity index (χ4v) is 6.14. The van der Waals surface area contributed by atoms with E-state index < -0.39 is 0 Å². The van der Waals surface area contributed by atoms with Gasteiger partial charge in [-0.05, 0) is 47.0 Å². The van der Waals surface area contributed by atoms with Crippen LogP contribution in [-0.2, 0) is 13.1 Å². The highest BCUT2D eigenvalue weighted by molar-refractivity contribution is 6.12. The van der Waals surface area contributed by atoms with Crippen molar-refractivity contribution in [2.45, 2.75) is 13.1 Å². The normalized spacial score (nSPS) is 11.7. The van der Waals surface area contributed by atoms with E-state index >= 15 is 0 Å². The van der Waals surface area contributed by atoms with Gasteiger partial charge in [0, 0.05) is 45.9 Å². The summed E-state index contributed by atoms with van der Waals surface area (Å²) in [5.74, 6) is 0. The second-order valence-electron chi connectivity index (χ2n) is 10.6. The zero-order valence-corrected chi connectivity index (χ0v) is 22.5. The fraction of sp³-hybridized carbons (Fsp3) is 0.0526. The van der Waals surface area contributed by atoms with Crippen LogP contribution in [0.15, 0.2) is 144 Å². The number of nitrogens with zero attached hydrogens (tertiary/aromatic N) is 1. The minimum atomic E-state index is 0.805. The molecule has 0 saturated heterocycles. The molecule has 0 bridgehead atoms. The molecule has 3 heteroatoms. The molecule has 41 heavy (non-hydrogen) atoms. The van der Waals surface area contributed by atoms with Gasteiger partial charge in [0.2, 0.25) is 0 Å². The lowest BCUT2D eigenvalue weighted by molar-refractivity contribution is 0.670. The van der Waals surface area contributed by atoms with Gasteiger partial charge in [0.1, 0.15) is 11.2 Å². The van der Waals surface area contributed by atoms with E-state index in [-0.39, 0.29) is 0 Å². The third-order valence-electron chi connectivity index (χ3n) is 8.06. The Morgan fingerprint density at radius 3 is 2.15 bits per heavy atom. The van der Waals surface area contributed by atoms with Crippen LogP contribution in [0, 0.1) is 0 Å². The molecule has 2 aromatic heterocycles. The maximum absolute atomic E-state index is 6.40. The maximum atomic E-state index is 6.40. The van der Waals surface area contributed by atoms with Gasteiger partial charge in [-0.2, -0.15) is 0 Å². The van der Waals surface area contributed by atoms with Gasteiger partial charge in [-0.15, -0.1) is 0 Å². The monoisotopic (exact) mass is 528 g/mol. The first-order valence-corrected chi connectivity index (χ1v) is 14.1. The van der Waals surface area contributed by atoms with Crippen molar-refractivity contribution >= 4 is 43.7 Å². The molecule has 0 aliphatic rings. The molecule has 0 atom stereocenters. The Bertz CT molecular complexity index is 2190. The first kappa shape index (κ1) is 23.7. The second-order valence-corrected chi connectivity index (χ2v) is 10.6. The summed E-state index contributed by atoms with van der Waals surface area (Å²) < 4.78 is 8.79. The predicted octanol–water partition coefficient (Wildman–Crippen LogP) is 9.64. The van der Waals surface area contributed by atoms with Gasteiger partial charge in [0.05, 0.1) is 11.0 Å². The van der Waals surface area contributed by atoms with Crippen LogP contribution < -0.4 is 5.32 Å². The number of hydrogen-bond acceptors (Lipinski definition) is 2. The number of fused-ring (bicyclic) bond motifs is 6. The molecule has 0 fully saturated rings. The molecular weight excluding hydrogens is 500 g/mol. The van der Waals surface area contributed by atoms with Gasteiger partial charge in [-0.1, -0.05) is 109 Å². The van der Waals surface area contributed by atoms with Crippen molar-refractivity contribution in [2.24, 2.45) is 0 Å². The Balaban J connectivity index is 1.25. The highest BCUT2D eigenvalue weighted by Gasteiger charge is 2.16. The topological polar surface area (TPSA) is 30.1 Å². The molecule has 0 amide bonds. The first-order valence-electron chi connectivity index (χ1n) is 14.1. The summed E-state index contributed by atoms with van der Waals surface area (Å²) in [6, 6.07) is 49.6. The maximum Gasteiger partial charge on any atom is 0.143 e. The number of aromatic nitrogens is 1. The van der Waals surface area contributed by atoms with Gasteiger partial charge in [0.15, 0.2) is 0 Å². The van der Waals surface area contributed by atoms with Crippen molar-refractivity contribution in [2.75, 3.05) is 0 Å². The molecule has 196 valence electrons. The summed E-state index contributed by atoms with van der Waals surface area (Å²) in [6.07, 6.45) is 0. The van der Waals surface area contributed by atoms with Crippen molar-refractivity contribution < 1.29 is 4.42 Å². The van der Waals surface area contributed by atoms with Crippen LogP contribution in [0.5, 0.6) is 0 Å². The van der Waals surface area contributed by atoms with E-state index in [0.717, 1.165) is 51.8 Å². The number of nitrogens with one attached hydrogen (secondary N) is 1.